The molecular weight excluding hydrogens is 585 g/mol. The van der Waals surface area contributed by atoms with Gasteiger partial charge in [-0.3, -0.25) is 29.0 Å². The number of rotatable bonds is 10. The van der Waals surface area contributed by atoms with Crippen molar-refractivity contribution in [2.24, 2.45) is 0 Å². The van der Waals surface area contributed by atoms with Gasteiger partial charge in [-0.15, -0.1) is 0 Å². The summed E-state index contributed by atoms with van der Waals surface area (Å²) in [6, 6.07) is 0.631. The molecule has 4 amide bonds. The van der Waals surface area contributed by atoms with E-state index < -0.39 is 0 Å². The van der Waals surface area contributed by atoms with E-state index in [1.165, 1.54) is 22.6 Å². The summed E-state index contributed by atoms with van der Waals surface area (Å²) in [5.74, 6) is -0.305. The van der Waals surface area contributed by atoms with E-state index in [0.717, 1.165) is 75.1 Å². The van der Waals surface area contributed by atoms with Crippen molar-refractivity contribution in [3.05, 3.63) is 9.81 Å². The second kappa shape index (κ2) is 14.6. The van der Waals surface area contributed by atoms with E-state index in [1.807, 2.05) is 9.80 Å². The van der Waals surface area contributed by atoms with Gasteiger partial charge in [-0.25, -0.2) is 0 Å². The van der Waals surface area contributed by atoms with Gasteiger partial charge in [0, 0.05) is 51.1 Å². The Kier molecular flexibility index (Phi) is 11.5. The fourth-order valence-electron chi connectivity index (χ4n) is 6.03. The minimum atomic E-state index is -0.293. The maximum atomic E-state index is 13.3. The lowest BCUT2D eigenvalue weighted by molar-refractivity contribution is -0.136. The molecule has 0 aromatic heterocycles. The Morgan fingerprint density at radius 1 is 0.725 bits per heavy atom. The van der Waals surface area contributed by atoms with Crippen LogP contribution in [0.3, 0.4) is 0 Å². The molecule has 0 N–H and O–H groups in total. The lowest BCUT2D eigenvalue weighted by atomic mass is 9.99. The van der Waals surface area contributed by atoms with Crippen LogP contribution in [-0.4, -0.2) is 90.1 Å². The molecule has 2 atom stereocenters. The van der Waals surface area contributed by atoms with Gasteiger partial charge in [-0.2, -0.15) is 0 Å². The molecule has 2 unspecified atom stereocenters. The molecule has 8 nitrogen and oxygen atoms in total. The van der Waals surface area contributed by atoms with Gasteiger partial charge in [0.2, 0.25) is 11.8 Å². The van der Waals surface area contributed by atoms with Gasteiger partial charge < -0.3 is 9.80 Å². The van der Waals surface area contributed by atoms with E-state index in [-0.39, 0.29) is 23.6 Å². The average molecular weight is 625 g/mol. The first-order chi connectivity index (χ1) is 19.3. The van der Waals surface area contributed by atoms with E-state index >= 15 is 0 Å². The van der Waals surface area contributed by atoms with Crippen LogP contribution in [0.25, 0.3) is 0 Å². The topological polar surface area (TPSA) is 81.2 Å². The SMILES string of the molecule is CCC1CCCCN1C(=O)CCCN1C(=O)C(=C2SC(=S)N(CCCC(=O)N3CCCCC3CC)C2=O)SC1=S. The molecule has 220 valence electrons. The number of likely N-dealkylation sites (tertiary alicyclic amines) is 2. The van der Waals surface area contributed by atoms with Crippen LogP contribution in [0.15, 0.2) is 9.81 Å². The summed E-state index contributed by atoms with van der Waals surface area (Å²) in [5, 5.41) is 0. The molecular formula is C28H40N4O4S4. The number of amides is 4. The van der Waals surface area contributed by atoms with Gasteiger partial charge in [0.15, 0.2) is 0 Å². The predicted octanol–water partition coefficient (Wildman–Crippen LogP) is 5.06. The van der Waals surface area contributed by atoms with Gasteiger partial charge in [0.25, 0.3) is 11.8 Å². The lowest BCUT2D eigenvalue weighted by Crippen LogP contribution is -2.43. The smallest absolute Gasteiger partial charge is 0.267 e. The third-order valence-electron chi connectivity index (χ3n) is 8.29. The number of thioether (sulfide) groups is 2. The first kappa shape index (κ1) is 31.4. The third-order valence-corrected chi connectivity index (χ3v) is 11.3. The molecule has 0 bridgehead atoms. The molecule has 0 aliphatic carbocycles. The maximum Gasteiger partial charge on any atom is 0.267 e. The molecule has 4 saturated heterocycles. The Bertz CT molecular complexity index is 999. The van der Waals surface area contributed by atoms with Crippen LogP contribution in [0.5, 0.6) is 0 Å². The number of nitrogens with zero attached hydrogens (tertiary/aromatic N) is 4. The van der Waals surface area contributed by atoms with E-state index in [0.29, 0.717) is 69.3 Å². The summed E-state index contributed by atoms with van der Waals surface area (Å²) in [7, 11) is 0. The van der Waals surface area contributed by atoms with Gasteiger partial charge in [0.05, 0.1) is 9.81 Å². The molecule has 0 aromatic carbocycles. The first-order valence-electron chi connectivity index (χ1n) is 14.7. The minimum absolute atomic E-state index is 0.141. The fourth-order valence-corrected chi connectivity index (χ4v) is 8.80. The lowest BCUT2D eigenvalue weighted by Gasteiger charge is -2.35. The number of carbonyl (C=O) groups is 4. The van der Waals surface area contributed by atoms with Gasteiger partial charge in [-0.1, -0.05) is 61.8 Å². The molecule has 0 radical (unpaired) electrons. The van der Waals surface area contributed by atoms with Crippen LogP contribution in [-0.2, 0) is 19.2 Å². The van der Waals surface area contributed by atoms with Crippen molar-refractivity contribution in [2.45, 2.75) is 103 Å². The molecule has 40 heavy (non-hydrogen) atoms. The highest BCUT2D eigenvalue weighted by molar-refractivity contribution is 8.29. The predicted molar refractivity (Wildman–Crippen MR) is 169 cm³/mol. The molecule has 0 saturated carbocycles. The van der Waals surface area contributed by atoms with Gasteiger partial charge >= 0.3 is 0 Å². The fraction of sp³-hybridized carbons (Fsp3) is 0.714. The summed E-state index contributed by atoms with van der Waals surface area (Å²) < 4.78 is 0.805. The monoisotopic (exact) mass is 624 g/mol. The summed E-state index contributed by atoms with van der Waals surface area (Å²) in [6.07, 6.45) is 10.3. The van der Waals surface area contributed by atoms with Crippen LogP contribution < -0.4 is 0 Å². The van der Waals surface area contributed by atoms with E-state index in [1.54, 1.807) is 0 Å². The van der Waals surface area contributed by atoms with Gasteiger partial charge in [-0.05, 0) is 64.2 Å². The number of hydrogen-bond donors (Lipinski definition) is 0. The molecule has 4 rings (SSSR count). The molecule has 12 heteroatoms. The Balaban J connectivity index is 1.29. The Morgan fingerprint density at radius 3 is 1.50 bits per heavy atom. The van der Waals surface area contributed by atoms with Crippen LogP contribution in [0.1, 0.15) is 90.9 Å². The maximum absolute atomic E-state index is 13.3. The quantitative estimate of drug-likeness (QED) is 0.247. The molecule has 4 aliphatic heterocycles. The molecule has 0 aromatic rings. The van der Waals surface area contributed by atoms with Crippen LogP contribution in [0, 0.1) is 0 Å². The zero-order chi connectivity index (χ0) is 28.8. The van der Waals surface area contributed by atoms with Crippen molar-refractivity contribution in [1.29, 1.82) is 0 Å². The van der Waals surface area contributed by atoms with Crippen LogP contribution in [0.4, 0.5) is 0 Å². The number of thiocarbonyl (C=S) groups is 2. The van der Waals surface area contributed by atoms with Crippen molar-refractivity contribution < 1.29 is 19.2 Å². The molecule has 4 heterocycles. The first-order valence-corrected chi connectivity index (χ1v) is 17.1. The standard InChI is InChI=1S/C28H40N4O4S4/c1-3-19-11-5-7-15-29(19)21(33)13-9-17-31-25(35)23(39-27(31)37)24-26(36)32(28(38)40-24)18-10-14-22(34)30-16-8-6-12-20(30)4-2/h19-20H,3-18H2,1-2H3. The summed E-state index contributed by atoms with van der Waals surface area (Å²) >= 11 is 13.2. The van der Waals surface area contributed by atoms with Crippen molar-refractivity contribution in [3.8, 4) is 0 Å². The molecule has 4 aliphatic rings. The highest BCUT2D eigenvalue weighted by Crippen LogP contribution is 2.42. The second-order valence-electron chi connectivity index (χ2n) is 10.8. The highest BCUT2D eigenvalue weighted by Gasteiger charge is 2.42. The summed E-state index contributed by atoms with van der Waals surface area (Å²) in [6.45, 7) is 6.56. The number of carbonyl (C=O) groups excluding carboxylic acids is 4. The molecule has 0 spiro atoms. The van der Waals surface area contributed by atoms with E-state index in [4.69, 9.17) is 24.4 Å². The van der Waals surface area contributed by atoms with Crippen LogP contribution >= 0.6 is 48.0 Å². The van der Waals surface area contributed by atoms with Crippen LogP contribution in [0.2, 0.25) is 0 Å². The summed E-state index contributed by atoms with van der Waals surface area (Å²) in [5.41, 5.74) is 0. The highest BCUT2D eigenvalue weighted by atomic mass is 32.2. The third kappa shape index (κ3) is 7.10. The van der Waals surface area contributed by atoms with Crippen molar-refractivity contribution >= 4 is 80.2 Å². The minimum Gasteiger partial charge on any atom is -0.340 e. The van der Waals surface area contributed by atoms with E-state index in [2.05, 4.69) is 13.8 Å². The van der Waals surface area contributed by atoms with Gasteiger partial charge in [0.1, 0.15) is 8.64 Å². The average Bonchev–Trinajstić information content (AvgIpc) is 3.41. The van der Waals surface area contributed by atoms with E-state index in [9.17, 15) is 19.2 Å². The second-order valence-corrected chi connectivity index (χ2v) is 14.1. The zero-order valence-corrected chi connectivity index (χ0v) is 26.8. The van der Waals surface area contributed by atoms with Crippen molar-refractivity contribution in [3.63, 3.8) is 0 Å². The molecule has 4 fully saturated rings. The largest absolute Gasteiger partial charge is 0.340 e. The normalized spacial score (nSPS) is 25.9. The Hall–Kier alpha value is -1.50. The number of piperidine rings is 2. The van der Waals surface area contributed by atoms with Crippen molar-refractivity contribution in [2.75, 3.05) is 26.2 Å². The Morgan fingerprint density at radius 2 is 1.12 bits per heavy atom. The zero-order valence-electron chi connectivity index (χ0n) is 23.5. The summed E-state index contributed by atoms with van der Waals surface area (Å²) in [4.78, 5) is 59.8. The Labute approximate surface area is 257 Å². The van der Waals surface area contributed by atoms with Crippen molar-refractivity contribution in [1.82, 2.24) is 19.6 Å². The number of hydrogen-bond acceptors (Lipinski definition) is 8.